The highest BCUT2D eigenvalue weighted by Gasteiger charge is 2.24. The first-order valence-corrected chi connectivity index (χ1v) is 7.12. The predicted octanol–water partition coefficient (Wildman–Crippen LogP) is 3.53. The zero-order chi connectivity index (χ0) is 14.5. The lowest BCUT2D eigenvalue weighted by molar-refractivity contribution is 0.0737. The minimum absolute atomic E-state index is 0.391. The van der Waals surface area contributed by atoms with Crippen LogP contribution in [0, 0.1) is 0 Å². The van der Waals surface area contributed by atoms with Crippen LogP contribution in [0.2, 0.25) is 10.0 Å². The summed E-state index contributed by atoms with van der Waals surface area (Å²) in [6, 6.07) is 1.59. The second kappa shape index (κ2) is 4.63. The molecule has 0 atom stereocenters. The summed E-state index contributed by atoms with van der Waals surface area (Å²) in [6.45, 7) is 3.26. The summed E-state index contributed by atoms with van der Waals surface area (Å²) >= 11 is 13.3. The zero-order valence-electron chi connectivity index (χ0n) is 10.5. The maximum atomic E-state index is 9.94. The number of benzene rings is 1. The molecule has 0 amide bonds. The molecular weight excluding hydrogens is 321 g/mol. The largest absolute Gasteiger partial charge is 0.384 e. The van der Waals surface area contributed by atoms with Crippen molar-refractivity contribution in [1.29, 1.82) is 0 Å². The van der Waals surface area contributed by atoms with Crippen LogP contribution in [0.4, 0.5) is 11.4 Å². The van der Waals surface area contributed by atoms with E-state index >= 15 is 0 Å². The molecule has 0 bridgehead atoms. The van der Waals surface area contributed by atoms with Gasteiger partial charge < -0.3 is 5.11 Å². The van der Waals surface area contributed by atoms with Crippen molar-refractivity contribution in [3.05, 3.63) is 28.0 Å². The highest BCUT2D eigenvalue weighted by atomic mass is 35.5. The van der Waals surface area contributed by atoms with Crippen LogP contribution < -0.4 is 0 Å². The SMILES string of the molecule is CC(C)(O)c1cn(-c2c(Cl)cc(Cl)c3c2N=S=N3)nn1. The van der Waals surface area contributed by atoms with Crippen LogP contribution >= 0.6 is 23.2 Å². The fraction of sp³-hybridized carbons (Fsp3) is 0.273. The normalized spacial score (nSPS) is 13.4. The van der Waals surface area contributed by atoms with E-state index in [1.54, 1.807) is 26.1 Å². The van der Waals surface area contributed by atoms with Crippen molar-refractivity contribution in [2.24, 2.45) is 8.73 Å². The van der Waals surface area contributed by atoms with E-state index in [9.17, 15) is 5.11 Å². The zero-order valence-corrected chi connectivity index (χ0v) is 12.8. The molecule has 6 nitrogen and oxygen atoms in total. The number of hydrogen-bond donors (Lipinski definition) is 1. The van der Waals surface area contributed by atoms with Gasteiger partial charge in [0.25, 0.3) is 0 Å². The molecule has 0 saturated carbocycles. The number of rotatable bonds is 2. The van der Waals surface area contributed by atoms with Crippen LogP contribution in [0.15, 0.2) is 21.0 Å². The summed E-state index contributed by atoms with van der Waals surface area (Å²) in [7, 11) is 0. The summed E-state index contributed by atoms with van der Waals surface area (Å²) in [6.07, 6.45) is 1.61. The Morgan fingerprint density at radius 1 is 1.20 bits per heavy atom. The van der Waals surface area contributed by atoms with Crippen molar-refractivity contribution in [3.8, 4) is 5.69 Å². The van der Waals surface area contributed by atoms with Crippen LogP contribution in [0.5, 0.6) is 0 Å². The van der Waals surface area contributed by atoms with E-state index in [1.807, 2.05) is 0 Å². The molecule has 1 aromatic carbocycles. The first kappa shape index (κ1) is 13.7. The molecule has 0 unspecified atom stereocenters. The first-order chi connectivity index (χ1) is 9.38. The van der Waals surface area contributed by atoms with Crippen LogP contribution in [0.1, 0.15) is 19.5 Å². The molecule has 0 saturated heterocycles. The van der Waals surface area contributed by atoms with E-state index in [2.05, 4.69) is 19.0 Å². The molecule has 0 radical (unpaired) electrons. The summed E-state index contributed by atoms with van der Waals surface area (Å²) in [5.41, 5.74) is 1.01. The molecule has 2 heterocycles. The molecular formula is C11H9Cl2N5OS. The molecule has 1 N–H and O–H groups in total. The molecule has 1 aliphatic rings. The highest BCUT2D eigenvalue weighted by Crippen LogP contribution is 2.46. The molecule has 0 aliphatic carbocycles. The summed E-state index contributed by atoms with van der Waals surface area (Å²) in [5.74, 6) is 0. The fourth-order valence-corrected chi connectivity index (χ4v) is 2.93. The number of hydrogen-bond acceptors (Lipinski definition) is 5. The number of aromatic nitrogens is 3. The molecule has 1 aromatic heterocycles. The highest BCUT2D eigenvalue weighted by molar-refractivity contribution is 7.58. The van der Waals surface area contributed by atoms with Crippen LogP contribution in [-0.2, 0) is 17.0 Å². The van der Waals surface area contributed by atoms with Crippen LogP contribution in [0.25, 0.3) is 5.69 Å². The average Bonchev–Trinajstić information content (AvgIpc) is 2.95. The smallest absolute Gasteiger partial charge is 0.133 e. The minimum Gasteiger partial charge on any atom is -0.384 e. The van der Waals surface area contributed by atoms with Crippen LogP contribution in [0.3, 0.4) is 0 Å². The van der Waals surface area contributed by atoms with Gasteiger partial charge in [0, 0.05) is 0 Å². The average molecular weight is 330 g/mol. The van der Waals surface area contributed by atoms with Gasteiger partial charge in [0.1, 0.15) is 28.4 Å². The number of fused-ring (bicyclic) bond motifs is 1. The van der Waals surface area contributed by atoms with Crippen molar-refractivity contribution >= 4 is 45.9 Å². The predicted molar refractivity (Wildman–Crippen MR) is 78.2 cm³/mol. The second-order valence-electron chi connectivity index (χ2n) is 4.76. The molecule has 104 valence electrons. The van der Waals surface area contributed by atoms with Gasteiger partial charge in [-0.3, -0.25) is 0 Å². The Morgan fingerprint density at radius 2 is 1.90 bits per heavy atom. The number of nitrogens with zero attached hydrogens (tertiary/aromatic N) is 5. The van der Waals surface area contributed by atoms with E-state index in [4.69, 9.17) is 23.2 Å². The van der Waals surface area contributed by atoms with Gasteiger partial charge in [-0.05, 0) is 19.9 Å². The van der Waals surface area contributed by atoms with Gasteiger partial charge in [-0.15, -0.1) is 5.10 Å². The Bertz CT molecular complexity index is 774. The van der Waals surface area contributed by atoms with Gasteiger partial charge in [0.05, 0.1) is 27.6 Å². The minimum atomic E-state index is -1.09. The fourth-order valence-electron chi connectivity index (χ4n) is 1.73. The summed E-state index contributed by atoms with van der Waals surface area (Å²) in [5, 5.41) is 18.7. The van der Waals surface area contributed by atoms with Gasteiger partial charge in [-0.25, -0.2) is 4.68 Å². The van der Waals surface area contributed by atoms with Crippen molar-refractivity contribution < 1.29 is 5.11 Å². The van der Waals surface area contributed by atoms with Gasteiger partial charge in [-0.1, -0.05) is 28.4 Å². The van der Waals surface area contributed by atoms with Crippen LogP contribution in [-0.4, -0.2) is 20.1 Å². The lowest BCUT2D eigenvalue weighted by atomic mass is 10.1. The molecule has 2 aromatic rings. The maximum absolute atomic E-state index is 9.94. The summed E-state index contributed by atoms with van der Waals surface area (Å²) in [4.78, 5) is 0. The number of halogens is 2. The molecule has 1 aliphatic heterocycles. The Kier molecular flexibility index (Phi) is 3.17. The quantitative estimate of drug-likeness (QED) is 0.781. The summed E-state index contributed by atoms with van der Waals surface area (Å²) < 4.78 is 9.80. The molecule has 0 fully saturated rings. The van der Waals surface area contributed by atoms with Crippen molar-refractivity contribution in [2.75, 3.05) is 0 Å². The molecule has 20 heavy (non-hydrogen) atoms. The third-order valence-corrected chi connectivity index (χ3v) is 3.87. The van der Waals surface area contributed by atoms with Gasteiger partial charge in [-0.2, -0.15) is 8.73 Å². The molecule has 0 spiro atoms. The van der Waals surface area contributed by atoms with Gasteiger partial charge in [0.2, 0.25) is 0 Å². The van der Waals surface area contributed by atoms with Gasteiger partial charge in [0.15, 0.2) is 0 Å². The second-order valence-corrected chi connectivity index (χ2v) is 6.10. The lowest BCUT2D eigenvalue weighted by Crippen LogP contribution is -2.15. The van der Waals surface area contributed by atoms with Crippen molar-refractivity contribution in [1.82, 2.24) is 15.0 Å². The Hall–Kier alpha value is -1.28. The van der Waals surface area contributed by atoms with Crippen molar-refractivity contribution in [3.63, 3.8) is 0 Å². The Labute approximate surface area is 128 Å². The third-order valence-electron chi connectivity index (χ3n) is 2.77. The first-order valence-electron chi connectivity index (χ1n) is 5.64. The topological polar surface area (TPSA) is 75.7 Å². The number of aliphatic hydroxyl groups is 1. The molecule has 9 heteroatoms. The van der Waals surface area contributed by atoms with E-state index in [0.717, 1.165) is 11.4 Å². The van der Waals surface area contributed by atoms with E-state index in [-0.39, 0.29) is 0 Å². The van der Waals surface area contributed by atoms with Gasteiger partial charge >= 0.3 is 0 Å². The van der Waals surface area contributed by atoms with E-state index in [1.165, 1.54) is 4.68 Å². The van der Waals surface area contributed by atoms with Crippen molar-refractivity contribution in [2.45, 2.75) is 19.4 Å². The molecule has 3 rings (SSSR count). The maximum Gasteiger partial charge on any atom is 0.133 e. The standard InChI is InChI=1S/C11H9Cl2N5OS/c1-11(2,19)7-4-18(17-14-7)10-6(13)3-5(12)8-9(10)16-20-15-8/h3-4,19H,1-2H3. The Morgan fingerprint density at radius 3 is 2.55 bits per heavy atom. The monoisotopic (exact) mass is 329 g/mol. The lowest BCUT2D eigenvalue weighted by Gasteiger charge is -2.12. The Balaban J connectivity index is 2.19. The van der Waals surface area contributed by atoms with E-state index in [0.29, 0.717) is 32.8 Å². The van der Waals surface area contributed by atoms with E-state index < -0.39 is 5.60 Å². The third kappa shape index (κ3) is 2.16.